The van der Waals surface area contributed by atoms with E-state index < -0.39 is 0 Å². The first-order valence-corrected chi connectivity index (χ1v) is 9.71. The van der Waals surface area contributed by atoms with Crippen molar-refractivity contribution in [2.75, 3.05) is 26.6 Å². The number of benzene rings is 3. The largest absolute Gasteiger partial charge is 0.497 e. The quantitative estimate of drug-likeness (QED) is 0.471. The van der Waals surface area contributed by atoms with Crippen molar-refractivity contribution >= 4 is 22.5 Å². The average molecular weight is 414 g/mol. The SMILES string of the molecule is COc1ccc(NC(=O)c2cc(-c3ccccc3OC)nc3ccccc23)c(OC)c1. The number of nitrogens with one attached hydrogen (secondary N) is 1. The summed E-state index contributed by atoms with van der Waals surface area (Å²) < 4.78 is 16.1. The number of anilines is 1. The molecule has 0 aliphatic rings. The normalized spacial score (nSPS) is 10.5. The Bertz CT molecular complexity index is 1250. The van der Waals surface area contributed by atoms with Crippen LogP contribution in [0.3, 0.4) is 0 Å². The number of amides is 1. The average Bonchev–Trinajstić information content (AvgIpc) is 2.83. The monoisotopic (exact) mass is 414 g/mol. The van der Waals surface area contributed by atoms with Crippen LogP contribution < -0.4 is 19.5 Å². The van der Waals surface area contributed by atoms with Crippen molar-refractivity contribution in [1.29, 1.82) is 0 Å². The van der Waals surface area contributed by atoms with Gasteiger partial charge in [0.25, 0.3) is 5.91 Å². The first kappa shape index (κ1) is 20.2. The Labute approximate surface area is 180 Å². The zero-order chi connectivity index (χ0) is 21.8. The number of hydrogen-bond acceptors (Lipinski definition) is 5. The number of para-hydroxylation sites is 2. The molecule has 0 atom stereocenters. The summed E-state index contributed by atoms with van der Waals surface area (Å²) in [7, 11) is 4.74. The summed E-state index contributed by atoms with van der Waals surface area (Å²) in [5, 5.41) is 3.71. The first-order chi connectivity index (χ1) is 15.1. The van der Waals surface area contributed by atoms with Crippen molar-refractivity contribution in [3.8, 4) is 28.5 Å². The second-order valence-electron chi connectivity index (χ2n) is 6.79. The van der Waals surface area contributed by atoms with E-state index in [1.54, 1.807) is 45.6 Å². The molecule has 0 saturated carbocycles. The van der Waals surface area contributed by atoms with Crippen LogP contribution in [-0.2, 0) is 0 Å². The van der Waals surface area contributed by atoms with Gasteiger partial charge in [-0.15, -0.1) is 0 Å². The lowest BCUT2D eigenvalue weighted by atomic mass is 10.0. The zero-order valence-electron chi connectivity index (χ0n) is 17.5. The number of ether oxygens (including phenoxy) is 3. The highest BCUT2D eigenvalue weighted by molar-refractivity contribution is 6.13. The van der Waals surface area contributed by atoms with Crippen molar-refractivity contribution in [1.82, 2.24) is 4.98 Å². The van der Waals surface area contributed by atoms with Crippen molar-refractivity contribution in [2.24, 2.45) is 0 Å². The molecule has 0 bridgehead atoms. The molecule has 1 heterocycles. The summed E-state index contributed by atoms with van der Waals surface area (Å²) >= 11 is 0. The van der Waals surface area contributed by atoms with Crippen LogP contribution in [0.2, 0.25) is 0 Å². The Morgan fingerprint density at radius 3 is 2.32 bits per heavy atom. The van der Waals surface area contributed by atoms with Crippen LogP contribution in [0.4, 0.5) is 5.69 Å². The molecule has 0 radical (unpaired) electrons. The summed E-state index contributed by atoms with van der Waals surface area (Å²) in [4.78, 5) is 18.1. The van der Waals surface area contributed by atoms with Gasteiger partial charge in [-0.3, -0.25) is 4.79 Å². The number of carbonyl (C=O) groups is 1. The lowest BCUT2D eigenvalue weighted by molar-refractivity contribution is 0.102. The number of hydrogen-bond donors (Lipinski definition) is 1. The van der Waals surface area contributed by atoms with E-state index in [1.165, 1.54) is 0 Å². The summed E-state index contributed by atoms with van der Waals surface area (Å²) in [6, 6.07) is 22.2. The molecule has 0 saturated heterocycles. The van der Waals surface area contributed by atoms with E-state index in [0.717, 1.165) is 16.5 Å². The van der Waals surface area contributed by atoms with E-state index in [0.29, 0.717) is 34.2 Å². The highest BCUT2D eigenvalue weighted by atomic mass is 16.5. The Morgan fingerprint density at radius 2 is 1.55 bits per heavy atom. The molecular weight excluding hydrogens is 392 g/mol. The standard InChI is InChI=1S/C25H22N2O4/c1-29-16-12-13-21(24(14-16)31-3)27-25(28)19-15-22(18-9-5-7-11-23(18)30-2)26-20-10-6-4-8-17(19)20/h4-15H,1-3H3,(H,27,28). The lowest BCUT2D eigenvalue weighted by Gasteiger charge is -2.14. The Hall–Kier alpha value is -4.06. The Kier molecular flexibility index (Phi) is 5.71. The second-order valence-corrected chi connectivity index (χ2v) is 6.79. The van der Waals surface area contributed by atoms with Gasteiger partial charge in [-0.05, 0) is 36.4 Å². The summed E-state index contributed by atoms with van der Waals surface area (Å²) in [6.45, 7) is 0. The lowest BCUT2D eigenvalue weighted by Crippen LogP contribution is -2.14. The van der Waals surface area contributed by atoms with Crippen molar-refractivity contribution < 1.29 is 19.0 Å². The molecule has 0 aliphatic carbocycles. The number of nitrogens with zero attached hydrogens (tertiary/aromatic N) is 1. The number of rotatable bonds is 6. The van der Waals surface area contributed by atoms with Crippen LogP contribution >= 0.6 is 0 Å². The molecule has 1 amide bonds. The molecule has 3 aromatic carbocycles. The predicted octanol–water partition coefficient (Wildman–Crippen LogP) is 5.18. The molecule has 0 aliphatic heterocycles. The van der Waals surface area contributed by atoms with Crippen LogP contribution in [0, 0.1) is 0 Å². The molecule has 0 spiro atoms. The third kappa shape index (κ3) is 4.00. The fraction of sp³-hybridized carbons (Fsp3) is 0.120. The summed E-state index contributed by atoms with van der Waals surface area (Å²) in [5.41, 5.74) is 3.24. The van der Waals surface area contributed by atoms with Gasteiger partial charge in [-0.2, -0.15) is 0 Å². The topological polar surface area (TPSA) is 69.7 Å². The molecule has 31 heavy (non-hydrogen) atoms. The minimum Gasteiger partial charge on any atom is -0.497 e. The molecule has 0 fully saturated rings. The van der Waals surface area contributed by atoms with E-state index >= 15 is 0 Å². The van der Waals surface area contributed by atoms with Gasteiger partial charge >= 0.3 is 0 Å². The van der Waals surface area contributed by atoms with Gasteiger partial charge in [0.2, 0.25) is 0 Å². The summed E-state index contributed by atoms with van der Waals surface area (Å²) in [5.74, 6) is 1.57. The molecule has 0 unspecified atom stereocenters. The van der Waals surface area contributed by atoms with Gasteiger partial charge in [-0.1, -0.05) is 30.3 Å². The van der Waals surface area contributed by atoms with E-state index in [-0.39, 0.29) is 5.91 Å². The molecule has 1 aromatic heterocycles. The van der Waals surface area contributed by atoms with Gasteiger partial charge in [0.1, 0.15) is 17.2 Å². The maximum absolute atomic E-state index is 13.3. The molecule has 6 heteroatoms. The molecule has 6 nitrogen and oxygen atoms in total. The summed E-state index contributed by atoms with van der Waals surface area (Å²) in [6.07, 6.45) is 0. The predicted molar refractivity (Wildman–Crippen MR) is 121 cm³/mol. The molecule has 4 aromatic rings. The molecular formula is C25H22N2O4. The zero-order valence-corrected chi connectivity index (χ0v) is 17.5. The maximum Gasteiger partial charge on any atom is 0.256 e. The fourth-order valence-electron chi connectivity index (χ4n) is 3.45. The van der Waals surface area contributed by atoms with Gasteiger partial charge in [0.15, 0.2) is 0 Å². The number of aromatic nitrogens is 1. The second kappa shape index (κ2) is 8.75. The van der Waals surface area contributed by atoms with Crippen molar-refractivity contribution in [3.63, 3.8) is 0 Å². The highest BCUT2D eigenvalue weighted by Gasteiger charge is 2.17. The fourth-order valence-corrected chi connectivity index (χ4v) is 3.45. The molecule has 156 valence electrons. The first-order valence-electron chi connectivity index (χ1n) is 9.71. The third-order valence-corrected chi connectivity index (χ3v) is 5.00. The minimum absolute atomic E-state index is 0.266. The number of pyridine rings is 1. The van der Waals surface area contributed by atoms with E-state index in [1.807, 2.05) is 48.5 Å². The van der Waals surface area contributed by atoms with Crippen molar-refractivity contribution in [3.05, 3.63) is 78.4 Å². The van der Waals surface area contributed by atoms with E-state index in [9.17, 15) is 4.79 Å². The molecule has 1 N–H and O–H groups in total. The number of fused-ring (bicyclic) bond motifs is 1. The maximum atomic E-state index is 13.3. The highest BCUT2D eigenvalue weighted by Crippen LogP contribution is 2.33. The smallest absolute Gasteiger partial charge is 0.256 e. The van der Waals surface area contributed by atoms with Gasteiger partial charge in [0.05, 0.1) is 43.8 Å². The van der Waals surface area contributed by atoms with Crippen LogP contribution in [0.5, 0.6) is 17.2 Å². The van der Waals surface area contributed by atoms with Crippen LogP contribution in [0.1, 0.15) is 10.4 Å². The van der Waals surface area contributed by atoms with Gasteiger partial charge < -0.3 is 19.5 Å². The van der Waals surface area contributed by atoms with E-state index in [4.69, 9.17) is 19.2 Å². The minimum atomic E-state index is -0.266. The van der Waals surface area contributed by atoms with Crippen LogP contribution in [0.15, 0.2) is 72.8 Å². The number of carbonyl (C=O) groups excluding carboxylic acids is 1. The number of methoxy groups -OCH3 is 3. The van der Waals surface area contributed by atoms with E-state index in [2.05, 4.69) is 5.32 Å². The van der Waals surface area contributed by atoms with Gasteiger partial charge in [0, 0.05) is 17.0 Å². The van der Waals surface area contributed by atoms with Crippen LogP contribution in [0.25, 0.3) is 22.2 Å². The van der Waals surface area contributed by atoms with Crippen molar-refractivity contribution in [2.45, 2.75) is 0 Å². The Balaban J connectivity index is 1.81. The Morgan fingerprint density at radius 1 is 0.806 bits per heavy atom. The van der Waals surface area contributed by atoms with Crippen LogP contribution in [-0.4, -0.2) is 32.2 Å². The molecule has 4 rings (SSSR count). The third-order valence-electron chi connectivity index (χ3n) is 5.00. The van der Waals surface area contributed by atoms with Gasteiger partial charge in [-0.25, -0.2) is 4.98 Å².